The highest BCUT2D eigenvalue weighted by atomic mass is 35.5. The van der Waals surface area contributed by atoms with Crippen LogP contribution in [0.3, 0.4) is 0 Å². The lowest BCUT2D eigenvalue weighted by molar-refractivity contribution is 0.239. The molecule has 0 amide bonds. The fourth-order valence-electron chi connectivity index (χ4n) is 3.76. The zero-order chi connectivity index (χ0) is 22.5. The molecule has 0 radical (unpaired) electrons. The van der Waals surface area contributed by atoms with Crippen LogP contribution < -0.4 is 14.8 Å². The van der Waals surface area contributed by atoms with Crippen LogP contribution >= 0.6 is 46.5 Å². The first-order chi connectivity index (χ1) is 15.5. The molecule has 2 unspecified atom stereocenters. The molecular formula is C23H22Cl2FN3OS2. The first-order valence-corrected chi connectivity index (χ1v) is 12.6. The highest BCUT2D eigenvalue weighted by Crippen LogP contribution is 2.37. The van der Waals surface area contributed by atoms with Crippen molar-refractivity contribution in [1.29, 1.82) is 0 Å². The number of rotatable bonds is 8. The van der Waals surface area contributed by atoms with E-state index in [2.05, 4.69) is 21.1 Å². The van der Waals surface area contributed by atoms with Gasteiger partial charge in [-0.2, -0.15) is 0 Å². The Balaban J connectivity index is 1.48. The molecule has 0 bridgehead atoms. The number of hydrogen-bond acceptors (Lipinski definition) is 6. The van der Waals surface area contributed by atoms with Crippen molar-refractivity contribution in [2.75, 3.05) is 18.4 Å². The van der Waals surface area contributed by atoms with E-state index in [1.165, 1.54) is 23.0 Å². The summed E-state index contributed by atoms with van der Waals surface area (Å²) in [7, 11) is 1.95. The number of anilines is 1. The van der Waals surface area contributed by atoms with E-state index in [9.17, 15) is 4.39 Å². The molecule has 9 heteroatoms. The average Bonchev–Trinajstić information content (AvgIpc) is 3.32. The number of nitrogens with zero attached hydrogens (tertiary/aromatic N) is 1. The van der Waals surface area contributed by atoms with Crippen molar-refractivity contribution >= 4 is 57.9 Å². The number of halogens is 3. The Morgan fingerprint density at radius 1 is 1.25 bits per heavy atom. The lowest BCUT2D eigenvalue weighted by atomic mass is 9.80. The van der Waals surface area contributed by atoms with E-state index >= 15 is 0 Å². The van der Waals surface area contributed by atoms with Gasteiger partial charge in [0.15, 0.2) is 0 Å². The summed E-state index contributed by atoms with van der Waals surface area (Å²) in [4.78, 5) is 4.50. The van der Waals surface area contributed by atoms with E-state index in [4.69, 9.17) is 27.9 Å². The molecule has 1 aromatic heterocycles. The van der Waals surface area contributed by atoms with Crippen LogP contribution in [0.1, 0.15) is 18.4 Å². The minimum Gasteiger partial charge on any atom is -0.491 e. The molecule has 168 valence electrons. The highest BCUT2D eigenvalue weighted by Gasteiger charge is 2.29. The van der Waals surface area contributed by atoms with Crippen LogP contribution in [0.5, 0.6) is 5.75 Å². The monoisotopic (exact) mass is 509 g/mol. The van der Waals surface area contributed by atoms with Crippen molar-refractivity contribution in [2.24, 2.45) is 5.92 Å². The molecule has 1 heterocycles. The summed E-state index contributed by atoms with van der Waals surface area (Å²) in [5.41, 5.74) is 4.02. The third-order valence-electron chi connectivity index (χ3n) is 5.38. The van der Waals surface area contributed by atoms with Crippen LogP contribution in [0.15, 0.2) is 58.3 Å². The summed E-state index contributed by atoms with van der Waals surface area (Å²) in [6.45, 7) is 0.378. The molecule has 1 aliphatic rings. The Morgan fingerprint density at radius 2 is 2.06 bits per heavy atom. The minimum atomic E-state index is -0.403. The molecule has 2 aromatic carbocycles. The number of ether oxygens (including phenoxy) is 1. The predicted octanol–water partition coefficient (Wildman–Crippen LogP) is 7.17. The molecule has 4 rings (SSSR count). The summed E-state index contributed by atoms with van der Waals surface area (Å²) in [5, 5.41) is 6.31. The van der Waals surface area contributed by atoms with Gasteiger partial charge in [-0.3, -0.25) is 0 Å². The molecule has 4 nitrogen and oxygen atoms in total. The molecule has 0 fully saturated rings. The van der Waals surface area contributed by atoms with E-state index in [0.29, 0.717) is 33.1 Å². The summed E-state index contributed by atoms with van der Waals surface area (Å²) in [5.74, 6) is 0.694. The Hall–Kier alpha value is -1.77. The first kappa shape index (κ1) is 23.4. The van der Waals surface area contributed by atoms with Crippen LogP contribution in [0.25, 0.3) is 5.57 Å². The fourth-order valence-corrected chi connectivity index (χ4v) is 5.39. The second-order valence-electron chi connectivity index (χ2n) is 7.35. The molecule has 2 N–H and O–H groups in total. The van der Waals surface area contributed by atoms with Gasteiger partial charge in [0.1, 0.15) is 17.4 Å². The summed E-state index contributed by atoms with van der Waals surface area (Å²) in [6.07, 6.45) is 4.23. The van der Waals surface area contributed by atoms with Crippen LogP contribution in [0.2, 0.25) is 10.0 Å². The van der Waals surface area contributed by atoms with Gasteiger partial charge in [0.05, 0.1) is 22.0 Å². The van der Waals surface area contributed by atoms with Gasteiger partial charge in [-0.25, -0.2) is 9.37 Å². The normalized spacial score (nSPS) is 18.3. The largest absolute Gasteiger partial charge is 0.491 e. The molecule has 0 spiro atoms. The Labute approximate surface area is 205 Å². The van der Waals surface area contributed by atoms with Gasteiger partial charge in [0.25, 0.3) is 0 Å². The lowest BCUT2D eigenvalue weighted by Crippen LogP contribution is -2.39. The molecule has 3 aromatic rings. The maximum Gasteiger partial charge on any atom is 0.147 e. The molecule has 0 aliphatic heterocycles. The van der Waals surface area contributed by atoms with Crippen molar-refractivity contribution < 1.29 is 9.13 Å². The van der Waals surface area contributed by atoms with Gasteiger partial charge >= 0.3 is 0 Å². The predicted molar refractivity (Wildman–Crippen MR) is 133 cm³/mol. The topological polar surface area (TPSA) is 46.2 Å². The molecule has 2 atom stereocenters. The Kier molecular flexibility index (Phi) is 7.97. The molecule has 0 saturated carbocycles. The smallest absolute Gasteiger partial charge is 0.147 e. The summed E-state index contributed by atoms with van der Waals surface area (Å²) >= 11 is 15.1. The third kappa shape index (κ3) is 5.58. The summed E-state index contributed by atoms with van der Waals surface area (Å²) < 4.78 is 23.7. The summed E-state index contributed by atoms with van der Waals surface area (Å²) in [6, 6.07) is 11.0. The standard InChI is InChI=1S/C23H22Cl2FN3OS2/c1-27-20-4-2-3-16(14-5-7-15(24)8-6-14)17(20)11-30-21-10-19(26)22(9-18(21)25)32-29-23-12-31-13-28-23/h3,5-10,12-13,17,20,27,29H,2,4,11H2,1H3. The first-order valence-electron chi connectivity index (χ1n) is 10.1. The van der Waals surface area contributed by atoms with Crippen molar-refractivity contribution in [2.45, 2.75) is 23.8 Å². The van der Waals surface area contributed by atoms with Gasteiger partial charge in [-0.15, -0.1) is 11.3 Å². The lowest BCUT2D eigenvalue weighted by Gasteiger charge is -2.33. The molecule has 32 heavy (non-hydrogen) atoms. The fraction of sp³-hybridized carbons (Fsp3) is 0.261. The van der Waals surface area contributed by atoms with Gasteiger partial charge in [-0.05, 0) is 61.2 Å². The zero-order valence-corrected chi connectivity index (χ0v) is 20.4. The van der Waals surface area contributed by atoms with E-state index < -0.39 is 5.82 Å². The Morgan fingerprint density at radius 3 is 2.78 bits per heavy atom. The number of nitrogens with one attached hydrogen (secondary N) is 2. The number of hydrogen-bond donors (Lipinski definition) is 2. The Bertz CT molecular complexity index is 1080. The van der Waals surface area contributed by atoms with Gasteiger partial charge < -0.3 is 14.8 Å². The average molecular weight is 510 g/mol. The molecular weight excluding hydrogens is 488 g/mol. The number of allylic oxidation sites excluding steroid dienone is 1. The van der Waals surface area contributed by atoms with E-state index in [0.717, 1.165) is 30.4 Å². The molecule has 1 aliphatic carbocycles. The zero-order valence-electron chi connectivity index (χ0n) is 17.3. The third-order valence-corrected chi connectivity index (χ3v) is 7.36. The van der Waals surface area contributed by atoms with Gasteiger partial charge in [0, 0.05) is 28.4 Å². The van der Waals surface area contributed by atoms with Crippen molar-refractivity contribution in [3.05, 3.63) is 74.8 Å². The second-order valence-corrected chi connectivity index (χ2v) is 9.76. The highest BCUT2D eigenvalue weighted by molar-refractivity contribution is 8.00. The maximum atomic E-state index is 14.7. The van der Waals surface area contributed by atoms with Gasteiger partial charge in [-0.1, -0.05) is 41.4 Å². The van der Waals surface area contributed by atoms with Crippen molar-refractivity contribution in [3.8, 4) is 5.75 Å². The maximum absolute atomic E-state index is 14.7. The van der Waals surface area contributed by atoms with E-state index in [1.807, 2.05) is 36.7 Å². The SMILES string of the molecule is CNC1CCC=C(c2ccc(Cl)cc2)C1COc1cc(F)c(SNc2cscn2)cc1Cl. The van der Waals surface area contributed by atoms with E-state index in [1.54, 1.807) is 11.6 Å². The molecule has 0 saturated heterocycles. The minimum absolute atomic E-state index is 0.0921. The number of thiazole rings is 1. The quantitative estimate of drug-likeness (QED) is 0.315. The van der Waals surface area contributed by atoms with Crippen LogP contribution in [-0.2, 0) is 0 Å². The van der Waals surface area contributed by atoms with Crippen LogP contribution in [-0.4, -0.2) is 24.7 Å². The number of aromatic nitrogens is 1. The van der Waals surface area contributed by atoms with Gasteiger partial charge in [0.2, 0.25) is 0 Å². The second kappa shape index (κ2) is 10.9. The number of benzene rings is 2. The van der Waals surface area contributed by atoms with Crippen molar-refractivity contribution in [1.82, 2.24) is 10.3 Å². The van der Waals surface area contributed by atoms with Crippen LogP contribution in [0, 0.1) is 11.7 Å². The van der Waals surface area contributed by atoms with E-state index in [-0.39, 0.29) is 12.0 Å². The van der Waals surface area contributed by atoms with Crippen molar-refractivity contribution in [3.63, 3.8) is 0 Å². The van der Waals surface area contributed by atoms with Crippen LogP contribution in [0.4, 0.5) is 10.2 Å².